The van der Waals surface area contributed by atoms with Crippen LogP contribution in [0, 0.1) is 0 Å². The number of halogens is 3. The predicted octanol–water partition coefficient (Wildman–Crippen LogP) is 3.54. The number of hydrogen-bond donors (Lipinski definition) is 0. The third-order valence-corrected chi connectivity index (χ3v) is 4.77. The number of morpholine rings is 1. The average molecular weight is 404 g/mol. The van der Waals surface area contributed by atoms with Gasteiger partial charge in [0.2, 0.25) is 0 Å². The molecule has 6 nitrogen and oxygen atoms in total. The highest BCUT2D eigenvalue weighted by Gasteiger charge is 2.32. The summed E-state index contributed by atoms with van der Waals surface area (Å²) in [5.74, 6) is 0.153. The van der Waals surface area contributed by atoms with E-state index in [4.69, 9.17) is 4.74 Å². The number of aromatic nitrogens is 3. The van der Waals surface area contributed by atoms with Crippen LogP contribution in [-0.4, -0.2) is 51.0 Å². The maximum Gasteiger partial charge on any atom is 0.416 e. The van der Waals surface area contributed by atoms with Crippen LogP contribution in [0.5, 0.6) is 0 Å². The third-order valence-electron chi connectivity index (χ3n) is 4.77. The Kier molecular flexibility index (Phi) is 4.91. The monoisotopic (exact) mass is 404 g/mol. The number of alkyl halides is 3. The zero-order valence-corrected chi connectivity index (χ0v) is 15.6. The van der Waals surface area contributed by atoms with Gasteiger partial charge in [-0.05, 0) is 37.3 Å². The first-order chi connectivity index (χ1) is 13.8. The Morgan fingerprint density at radius 3 is 2.66 bits per heavy atom. The lowest BCUT2D eigenvalue weighted by molar-refractivity contribution is -0.137. The molecule has 9 heteroatoms. The van der Waals surface area contributed by atoms with Gasteiger partial charge in [0.05, 0.1) is 30.2 Å². The molecule has 0 unspecified atom stereocenters. The fourth-order valence-electron chi connectivity index (χ4n) is 3.39. The topological polar surface area (TPSA) is 52.3 Å². The highest BCUT2D eigenvalue weighted by Crippen LogP contribution is 2.31. The molecule has 1 aromatic carbocycles. The number of carbonyl (C=O) groups is 1. The van der Waals surface area contributed by atoms with Crippen LogP contribution in [0.1, 0.15) is 22.8 Å². The fourth-order valence-corrected chi connectivity index (χ4v) is 3.39. The van der Waals surface area contributed by atoms with E-state index in [0.717, 1.165) is 12.1 Å². The van der Waals surface area contributed by atoms with E-state index in [1.165, 1.54) is 23.0 Å². The summed E-state index contributed by atoms with van der Waals surface area (Å²) < 4.78 is 48.0. The number of ether oxygens (including phenoxy) is 1. The zero-order chi connectivity index (χ0) is 20.6. The smallest absolute Gasteiger partial charge is 0.375 e. The second kappa shape index (κ2) is 7.40. The van der Waals surface area contributed by atoms with Crippen LogP contribution in [0.2, 0.25) is 0 Å². The average Bonchev–Trinajstić information content (AvgIpc) is 3.36. The van der Waals surface area contributed by atoms with Gasteiger partial charge in [0.1, 0.15) is 5.56 Å². The van der Waals surface area contributed by atoms with E-state index in [1.807, 2.05) is 6.92 Å². The van der Waals surface area contributed by atoms with Gasteiger partial charge in [-0.25, -0.2) is 4.68 Å². The van der Waals surface area contributed by atoms with Crippen molar-refractivity contribution < 1.29 is 22.7 Å². The van der Waals surface area contributed by atoms with Gasteiger partial charge in [-0.15, -0.1) is 0 Å². The van der Waals surface area contributed by atoms with Crippen molar-refractivity contribution in [1.82, 2.24) is 19.2 Å². The van der Waals surface area contributed by atoms with Gasteiger partial charge in [-0.1, -0.05) is 6.07 Å². The molecule has 0 aliphatic carbocycles. The van der Waals surface area contributed by atoms with Crippen molar-refractivity contribution in [2.75, 3.05) is 19.7 Å². The van der Waals surface area contributed by atoms with E-state index < -0.39 is 11.7 Å². The lowest BCUT2D eigenvalue weighted by Crippen LogP contribution is -2.44. The molecule has 1 aliphatic rings. The van der Waals surface area contributed by atoms with Gasteiger partial charge in [0, 0.05) is 25.5 Å². The molecule has 0 radical (unpaired) electrons. The molecule has 0 spiro atoms. The number of nitrogens with zero attached hydrogens (tertiary/aromatic N) is 4. The van der Waals surface area contributed by atoms with Gasteiger partial charge in [0.15, 0.2) is 5.82 Å². The van der Waals surface area contributed by atoms with Crippen molar-refractivity contribution in [3.63, 3.8) is 0 Å². The fraction of sp³-hybridized carbons (Fsp3) is 0.300. The normalized spacial score (nSPS) is 17.5. The Morgan fingerprint density at radius 2 is 1.97 bits per heavy atom. The summed E-state index contributed by atoms with van der Waals surface area (Å²) in [7, 11) is 0. The molecule has 3 heterocycles. The summed E-state index contributed by atoms with van der Waals surface area (Å²) in [5, 5.41) is 4.25. The maximum atomic E-state index is 13.2. The first-order valence-corrected chi connectivity index (χ1v) is 9.14. The Balaban J connectivity index is 1.80. The summed E-state index contributed by atoms with van der Waals surface area (Å²) in [6, 6.07) is 8.42. The minimum atomic E-state index is -4.47. The van der Waals surface area contributed by atoms with Crippen LogP contribution in [0.3, 0.4) is 0 Å². The first kappa shape index (κ1) is 19.3. The number of rotatable bonds is 3. The van der Waals surface area contributed by atoms with E-state index in [2.05, 4.69) is 5.10 Å². The Hall–Kier alpha value is -3.07. The maximum absolute atomic E-state index is 13.2. The quantitative estimate of drug-likeness (QED) is 0.671. The molecule has 1 fully saturated rings. The van der Waals surface area contributed by atoms with E-state index in [9.17, 15) is 18.0 Å². The zero-order valence-electron chi connectivity index (χ0n) is 15.6. The summed E-state index contributed by atoms with van der Waals surface area (Å²) >= 11 is 0. The lowest BCUT2D eigenvalue weighted by atomic mass is 10.2. The van der Waals surface area contributed by atoms with Crippen LogP contribution >= 0.6 is 0 Å². The molecule has 2 aromatic heterocycles. The van der Waals surface area contributed by atoms with E-state index in [0.29, 0.717) is 31.1 Å². The van der Waals surface area contributed by atoms with Crippen molar-refractivity contribution in [3.05, 3.63) is 66.1 Å². The molecule has 1 amide bonds. The molecule has 1 aliphatic heterocycles. The van der Waals surface area contributed by atoms with Gasteiger partial charge >= 0.3 is 6.18 Å². The summed E-state index contributed by atoms with van der Waals surface area (Å²) in [4.78, 5) is 14.8. The molecule has 29 heavy (non-hydrogen) atoms. The standard InChI is InChI=1S/C20H19F3N4O2/c1-14-13-26(9-10-29-14)19(28)17-12-24-27(18(17)25-7-2-3-8-25)16-6-4-5-15(11-16)20(21,22)23/h2-8,11-12,14H,9-10,13H2,1H3/t14-/m0/s1. The van der Waals surface area contributed by atoms with Crippen LogP contribution in [0.4, 0.5) is 13.2 Å². The van der Waals surface area contributed by atoms with E-state index >= 15 is 0 Å². The number of amides is 1. The predicted molar refractivity (Wildman–Crippen MR) is 99.2 cm³/mol. The molecule has 1 saturated heterocycles. The second-order valence-corrected chi connectivity index (χ2v) is 6.86. The molecule has 0 bridgehead atoms. The summed E-state index contributed by atoms with van der Waals surface area (Å²) in [6.45, 7) is 3.22. The Labute approximate surface area is 165 Å². The molecule has 0 saturated carbocycles. The van der Waals surface area contributed by atoms with Crippen molar-refractivity contribution >= 4 is 5.91 Å². The number of carbonyl (C=O) groups excluding carboxylic acids is 1. The Bertz CT molecular complexity index is 1010. The van der Waals surface area contributed by atoms with Gasteiger partial charge in [-0.2, -0.15) is 18.3 Å². The molecule has 0 N–H and O–H groups in total. The van der Waals surface area contributed by atoms with E-state index in [1.54, 1.807) is 34.0 Å². The minimum Gasteiger partial charge on any atom is -0.375 e. The second-order valence-electron chi connectivity index (χ2n) is 6.86. The van der Waals surface area contributed by atoms with Crippen LogP contribution < -0.4 is 0 Å². The van der Waals surface area contributed by atoms with Crippen molar-refractivity contribution in [1.29, 1.82) is 0 Å². The first-order valence-electron chi connectivity index (χ1n) is 9.14. The van der Waals surface area contributed by atoms with Crippen molar-refractivity contribution in [2.24, 2.45) is 0 Å². The van der Waals surface area contributed by atoms with Crippen LogP contribution in [0.15, 0.2) is 55.0 Å². The molecule has 4 rings (SSSR count). The third kappa shape index (κ3) is 3.77. The number of benzene rings is 1. The summed E-state index contributed by atoms with van der Waals surface area (Å²) in [6.07, 6.45) is 0.290. The highest BCUT2D eigenvalue weighted by atomic mass is 19.4. The van der Waals surface area contributed by atoms with Gasteiger partial charge in [0.25, 0.3) is 5.91 Å². The molecule has 152 valence electrons. The Morgan fingerprint density at radius 1 is 1.21 bits per heavy atom. The SMILES string of the molecule is C[C@H]1CN(C(=O)c2cnn(-c3cccc(C(F)(F)F)c3)c2-n2cccc2)CCO1. The van der Waals surface area contributed by atoms with Crippen LogP contribution in [-0.2, 0) is 10.9 Å². The highest BCUT2D eigenvalue weighted by molar-refractivity contribution is 5.97. The lowest BCUT2D eigenvalue weighted by Gasteiger charge is -2.31. The van der Waals surface area contributed by atoms with Gasteiger partial charge < -0.3 is 14.2 Å². The largest absolute Gasteiger partial charge is 0.416 e. The van der Waals surface area contributed by atoms with Crippen LogP contribution in [0.25, 0.3) is 11.5 Å². The molecular weight excluding hydrogens is 385 g/mol. The van der Waals surface area contributed by atoms with E-state index in [-0.39, 0.29) is 17.7 Å². The minimum absolute atomic E-state index is 0.0822. The molecule has 3 aromatic rings. The summed E-state index contributed by atoms with van der Waals surface area (Å²) in [5.41, 5.74) is -0.246. The van der Waals surface area contributed by atoms with Gasteiger partial charge in [-0.3, -0.25) is 4.79 Å². The van der Waals surface area contributed by atoms with Crippen molar-refractivity contribution in [3.8, 4) is 11.5 Å². The number of hydrogen-bond acceptors (Lipinski definition) is 3. The molecule has 1 atom stereocenters. The van der Waals surface area contributed by atoms with Crippen molar-refractivity contribution in [2.45, 2.75) is 19.2 Å². The molecular formula is C20H19F3N4O2.